The fourth-order valence-corrected chi connectivity index (χ4v) is 6.15. The second-order valence-corrected chi connectivity index (χ2v) is 12.1. The summed E-state index contributed by atoms with van der Waals surface area (Å²) in [6.45, 7) is 17.4. The number of aromatic amines is 1. The number of hydrogen-bond donors (Lipinski definition) is 2. The number of aryl methyl sites for hydroxylation is 1. The second kappa shape index (κ2) is 13.9. The summed E-state index contributed by atoms with van der Waals surface area (Å²) in [6, 6.07) is 0.461. The minimum absolute atomic E-state index is 0.152. The number of hydrogen-bond acceptors (Lipinski definition) is 4. The minimum atomic E-state index is 0.152. The van der Waals surface area contributed by atoms with E-state index in [0.717, 1.165) is 42.4 Å². The average Bonchev–Trinajstić information content (AvgIpc) is 3.33. The number of carbonyl (C=O) groups excluding carboxylic acids is 1. The third kappa shape index (κ3) is 8.83. The first-order valence-electron chi connectivity index (χ1n) is 14.5. The Hall–Kier alpha value is -2.43. The molecule has 2 N–H and O–H groups in total. The Balaban J connectivity index is 1.45. The zero-order valence-corrected chi connectivity index (χ0v) is 24.0. The van der Waals surface area contributed by atoms with E-state index in [1.54, 1.807) is 0 Å². The van der Waals surface area contributed by atoms with Crippen molar-refractivity contribution in [2.45, 2.75) is 98.4 Å². The monoisotopic (exact) mass is 506 g/mol. The highest BCUT2D eigenvalue weighted by molar-refractivity contribution is 5.53. The summed E-state index contributed by atoms with van der Waals surface area (Å²) in [4.78, 5) is 15.6. The standard InChI is InChI=1S/C32H50N4O/c1-21(11-15-28-9-8-10-29(19-28)25(5)20-37)12-16-30-17-24(4)31(18-23(30)3)33-26(6)14-13-22(2)32-34-27(7)35-36-32/h11-15,20,22-25,28-31,33H,6,8-10,16-19H2,1-5,7H3,(H,34,35,36)/b14-13-,15-11+,21-12+. The molecule has 2 aliphatic rings. The number of aromatic nitrogens is 3. The molecule has 37 heavy (non-hydrogen) atoms. The minimum Gasteiger partial charge on any atom is -0.383 e. The molecule has 3 rings (SSSR count). The predicted molar refractivity (Wildman–Crippen MR) is 154 cm³/mol. The lowest BCUT2D eigenvalue weighted by molar-refractivity contribution is -0.112. The second-order valence-electron chi connectivity index (χ2n) is 12.1. The van der Waals surface area contributed by atoms with E-state index in [4.69, 9.17) is 0 Å². The van der Waals surface area contributed by atoms with Gasteiger partial charge in [-0.3, -0.25) is 5.10 Å². The fourth-order valence-electron chi connectivity index (χ4n) is 6.15. The number of nitrogens with zero attached hydrogens (tertiary/aromatic N) is 2. The van der Waals surface area contributed by atoms with Gasteiger partial charge in [-0.25, -0.2) is 4.98 Å². The topological polar surface area (TPSA) is 70.7 Å². The van der Waals surface area contributed by atoms with Crippen molar-refractivity contribution >= 4 is 6.29 Å². The van der Waals surface area contributed by atoms with Crippen molar-refractivity contribution in [2.24, 2.45) is 35.5 Å². The molecule has 0 amide bonds. The molecule has 0 bridgehead atoms. The molecule has 2 saturated carbocycles. The predicted octanol–water partition coefficient (Wildman–Crippen LogP) is 7.46. The average molecular weight is 507 g/mol. The molecule has 0 spiro atoms. The number of carbonyl (C=O) groups is 1. The van der Waals surface area contributed by atoms with Crippen LogP contribution in [-0.4, -0.2) is 27.5 Å². The van der Waals surface area contributed by atoms with Gasteiger partial charge in [-0.15, -0.1) is 0 Å². The number of allylic oxidation sites excluding steroid dienone is 6. The molecule has 5 nitrogen and oxygen atoms in total. The van der Waals surface area contributed by atoms with Crippen LogP contribution in [0.15, 0.2) is 48.2 Å². The van der Waals surface area contributed by atoms with Gasteiger partial charge in [0, 0.05) is 23.6 Å². The van der Waals surface area contributed by atoms with E-state index in [0.29, 0.717) is 29.7 Å². The SMILES string of the molecule is C=C(/C=C\C(C)c1n[nH]c(C)n1)NC1CC(C)C(C/C=C(C)/C=C/C2CCCC(C(C)C=O)C2)CC1C. The van der Waals surface area contributed by atoms with Crippen molar-refractivity contribution in [1.29, 1.82) is 0 Å². The maximum atomic E-state index is 11.2. The molecule has 1 aromatic rings. The first-order valence-corrected chi connectivity index (χ1v) is 14.5. The Morgan fingerprint density at radius 3 is 2.65 bits per heavy atom. The van der Waals surface area contributed by atoms with Crippen LogP contribution in [0.1, 0.15) is 97.1 Å². The van der Waals surface area contributed by atoms with E-state index >= 15 is 0 Å². The van der Waals surface area contributed by atoms with Gasteiger partial charge in [0.05, 0.1) is 0 Å². The van der Waals surface area contributed by atoms with Crippen LogP contribution in [0.4, 0.5) is 0 Å². The first kappa shape index (κ1) is 29.1. The van der Waals surface area contributed by atoms with E-state index < -0.39 is 0 Å². The van der Waals surface area contributed by atoms with Crippen LogP contribution in [0, 0.1) is 42.4 Å². The van der Waals surface area contributed by atoms with Crippen LogP contribution < -0.4 is 5.32 Å². The lowest BCUT2D eigenvalue weighted by Crippen LogP contribution is -2.41. The van der Waals surface area contributed by atoms with Crippen molar-refractivity contribution in [3.8, 4) is 0 Å². The lowest BCUT2D eigenvalue weighted by Gasteiger charge is -2.39. The fraction of sp³-hybridized carbons (Fsp3) is 0.656. The highest BCUT2D eigenvalue weighted by atomic mass is 16.1. The van der Waals surface area contributed by atoms with E-state index in [9.17, 15) is 4.79 Å². The third-order valence-electron chi connectivity index (χ3n) is 8.86. The van der Waals surface area contributed by atoms with Crippen LogP contribution in [0.5, 0.6) is 0 Å². The van der Waals surface area contributed by atoms with Gasteiger partial charge in [-0.05, 0) is 88.0 Å². The van der Waals surface area contributed by atoms with Crippen molar-refractivity contribution in [3.05, 3.63) is 59.9 Å². The molecule has 8 atom stereocenters. The summed E-state index contributed by atoms with van der Waals surface area (Å²) in [5, 5.41) is 10.9. The number of aldehydes is 1. The van der Waals surface area contributed by atoms with Crippen molar-refractivity contribution in [3.63, 3.8) is 0 Å². The van der Waals surface area contributed by atoms with Gasteiger partial charge in [0.2, 0.25) is 0 Å². The van der Waals surface area contributed by atoms with Crippen LogP contribution in [-0.2, 0) is 4.79 Å². The lowest BCUT2D eigenvalue weighted by atomic mass is 9.71. The van der Waals surface area contributed by atoms with Gasteiger partial charge in [0.25, 0.3) is 0 Å². The molecule has 0 aromatic carbocycles. The van der Waals surface area contributed by atoms with Crippen LogP contribution in [0.3, 0.4) is 0 Å². The Labute approximate surface area is 225 Å². The molecule has 2 fully saturated rings. The number of H-pyrrole nitrogens is 1. The van der Waals surface area contributed by atoms with Gasteiger partial charge in [-0.2, -0.15) is 5.10 Å². The quantitative estimate of drug-likeness (QED) is 0.241. The maximum absolute atomic E-state index is 11.2. The molecule has 1 aromatic heterocycles. The summed E-state index contributed by atoms with van der Waals surface area (Å²) >= 11 is 0. The highest BCUT2D eigenvalue weighted by Crippen LogP contribution is 2.37. The smallest absolute Gasteiger partial charge is 0.157 e. The third-order valence-corrected chi connectivity index (χ3v) is 8.86. The summed E-state index contributed by atoms with van der Waals surface area (Å²) in [7, 11) is 0. The van der Waals surface area contributed by atoms with E-state index in [-0.39, 0.29) is 11.8 Å². The molecule has 1 heterocycles. The molecule has 204 valence electrons. The van der Waals surface area contributed by atoms with Gasteiger partial charge in [-0.1, -0.05) is 70.6 Å². The summed E-state index contributed by atoms with van der Waals surface area (Å²) < 4.78 is 0. The zero-order chi connectivity index (χ0) is 26.9. The van der Waals surface area contributed by atoms with E-state index in [1.807, 2.05) is 6.92 Å². The van der Waals surface area contributed by atoms with E-state index in [2.05, 4.69) is 92.1 Å². The Bertz CT molecular complexity index is 973. The van der Waals surface area contributed by atoms with E-state index in [1.165, 1.54) is 37.7 Å². The van der Waals surface area contributed by atoms with Gasteiger partial charge in [0.1, 0.15) is 12.1 Å². The van der Waals surface area contributed by atoms with Crippen LogP contribution >= 0.6 is 0 Å². The summed E-state index contributed by atoms with van der Waals surface area (Å²) in [5.41, 5.74) is 2.34. The largest absolute Gasteiger partial charge is 0.383 e. The Kier molecular flexibility index (Phi) is 11.0. The normalized spacial score (nSPS) is 30.9. The van der Waals surface area contributed by atoms with Gasteiger partial charge < -0.3 is 10.1 Å². The maximum Gasteiger partial charge on any atom is 0.157 e. The molecule has 8 unspecified atom stereocenters. The Morgan fingerprint density at radius 2 is 1.95 bits per heavy atom. The van der Waals surface area contributed by atoms with Crippen molar-refractivity contribution < 1.29 is 4.79 Å². The molecule has 0 radical (unpaired) electrons. The zero-order valence-electron chi connectivity index (χ0n) is 24.0. The molecular formula is C32H50N4O. The van der Waals surface area contributed by atoms with Crippen molar-refractivity contribution in [2.75, 3.05) is 0 Å². The highest BCUT2D eigenvalue weighted by Gasteiger charge is 2.32. The number of rotatable bonds is 11. The summed E-state index contributed by atoms with van der Waals surface area (Å²) in [5.74, 6) is 5.20. The summed E-state index contributed by atoms with van der Waals surface area (Å²) in [6.07, 6.45) is 21.0. The molecule has 2 aliphatic carbocycles. The molecule has 0 aliphatic heterocycles. The van der Waals surface area contributed by atoms with Gasteiger partial charge >= 0.3 is 0 Å². The van der Waals surface area contributed by atoms with Gasteiger partial charge in [0.15, 0.2) is 5.82 Å². The van der Waals surface area contributed by atoms with Crippen molar-refractivity contribution in [1.82, 2.24) is 20.5 Å². The molecule has 5 heteroatoms. The molecule has 0 saturated heterocycles. The van der Waals surface area contributed by atoms with Crippen LogP contribution in [0.2, 0.25) is 0 Å². The Morgan fingerprint density at radius 1 is 1.16 bits per heavy atom. The first-order chi connectivity index (χ1) is 17.7. The van der Waals surface area contributed by atoms with Crippen LogP contribution in [0.25, 0.3) is 0 Å². The number of nitrogens with one attached hydrogen (secondary N) is 2. The molecular weight excluding hydrogens is 456 g/mol.